The summed E-state index contributed by atoms with van der Waals surface area (Å²) in [5.41, 5.74) is 1.15. The fourth-order valence-electron chi connectivity index (χ4n) is 5.10. The molecule has 2 amide bonds. The van der Waals surface area contributed by atoms with Crippen LogP contribution in [0.1, 0.15) is 61.7 Å². The summed E-state index contributed by atoms with van der Waals surface area (Å²) < 4.78 is 1.17. The number of hydrogen-bond donors (Lipinski definition) is 0. The van der Waals surface area contributed by atoms with Gasteiger partial charge in [0.15, 0.2) is 0 Å². The highest BCUT2D eigenvalue weighted by Crippen LogP contribution is 2.35. The Morgan fingerprint density at radius 3 is 2.48 bits per heavy atom. The summed E-state index contributed by atoms with van der Waals surface area (Å²) in [6.07, 6.45) is 5.20. The van der Waals surface area contributed by atoms with E-state index in [1.165, 1.54) is 16.5 Å². The molecule has 4 rings (SSSR count). The number of likely N-dealkylation sites (tertiary alicyclic amines) is 1. The first-order valence-corrected chi connectivity index (χ1v) is 12.6. The monoisotopic (exact) mass is 441 g/mol. The maximum absolute atomic E-state index is 13.6. The molecule has 1 atom stereocenters. The quantitative estimate of drug-likeness (QED) is 0.706. The van der Waals surface area contributed by atoms with Crippen molar-refractivity contribution < 1.29 is 9.59 Å². The number of hydrogen-bond acceptors (Lipinski definition) is 4. The molecule has 1 aromatic heterocycles. The van der Waals surface area contributed by atoms with Crippen molar-refractivity contribution in [2.24, 2.45) is 0 Å². The minimum atomic E-state index is 0.157. The second-order valence-electron chi connectivity index (χ2n) is 9.25. The van der Waals surface area contributed by atoms with Gasteiger partial charge < -0.3 is 9.80 Å². The molecule has 1 unspecified atom stereocenters. The van der Waals surface area contributed by atoms with Crippen LogP contribution in [0.5, 0.6) is 0 Å². The van der Waals surface area contributed by atoms with E-state index >= 15 is 0 Å². The van der Waals surface area contributed by atoms with Crippen molar-refractivity contribution in [3.8, 4) is 0 Å². The predicted molar refractivity (Wildman–Crippen MR) is 128 cm³/mol. The fourth-order valence-corrected chi connectivity index (χ4v) is 6.30. The average molecular weight is 442 g/mol. The molecule has 0 spiro atoms. The van der Waals surface area contributed by atoms with Crippen LogP contribution in [0.4, 0.5) is 0 Å². The standard InChI is InChI=1S/C25H35N3O2S/c1-18(2)26-13-15-27(16-14-26)25(30)24-22(21-10-6-7-11-23(21)31-24)17-20-9-5-4-8-12-28(20)19(3)29/h6-7,10-11,18,20H,4-5,8-9,12-17H2,1-3H3. The van der Waals surface area contributed by atoms with Gasteiger partial charge in [-0.2, -0.15) is 0 Å². The van der Waals surface area contributed by atoms with Crippen LogP contribution in [0.15, 0.2) is 24.3 Å². The molecule has 0 N–H and O–H groups in total. The molecular formula is C25H35N3O2S. The van der Waals surface area contributed by atoms with Crippen molar-refractivity contribution in [3.05, 3.63) is 34.7 Å². The summed E-state index contributed by atoms with van der Waals surface area (Å²) in [7, 11) is 0. The number of amides is 2. The molecule has 3 heterocycles. The van der Waals surface area contributed by atoms with E-state index in [0.29, 0.717) is 6.04 Å². The first kappa shape index (κ1) is 22.3. The molecule has 0 bridgehead atoms. The topological polar surface area (TPSA) is 43.9 Å². The van der Waals surface area contributed by atoms with Crippen LogP contribution in [0.3, 0.4) is 0 Å². The number of fused-ring (bicyclic) bond motifs is 1. The van der Waals surface area contributed by atoms with Gasteiger partial charge in [0.2, 0.25) is 5.91 Å². The van der Waals surface area contributed by atoms with Crippen molar-refractivity contribution in [1.29, 1.82) is 0 Å². The van der Waals surface area contributed by atoms with Gasteiger partial charge >= 0.3 is 0 Å². The molecule has 2 aromatic rings. The van der Waals surface area contributed by atoms with Crippen LogP contribution in [0.2, 0.25) is 0 Å². The molecule has 2 aliphatic rings. The fraction of sp³-hybridized carbons (Fsp3) is 0.600. The molecule has 6 heteroatoms. The van der Waals surface area contributed by atoms with E-state index < -0.39 is 0 Å². The van der Waals surface area contributed by atoms with Crippen molar-refractivity contribution in [2.75, 3.05) is 32.7 Å². The predicted octanol–water partition coefficient (Wildman–Crippen LogP) is 4.40. The highest BCUT2D eigenvalue weighted by Gasteiger charge is 2.30. The highest BCUT2D eigenvalue weighted by molar-refractivity contribution is 7.21. The van der Waals surface area contributed by atoms with Gasteiger partial charge in [-0.05, 0) is 50.1 Å². The molecule has 168 valence electrons. The normalized spacial score (nSPS) is 21.0. The van der Waals surface area contributed by atoms with Crippen LogP contribution in [0, 0.1) is 0 Å². The summed E-state index contributed by atoms with van der Waals surface area (Å²) >= 11 is 1.63. The number of carbonyl (C=O) groups excluding carboxylic acids is 2. The second-order valence-corrected chi connectivity index (χ2v) is 10.3. The Hall–Kier alpha value is -1.92. The average Bonchev–Trinajstić information content (AvgIpc) is 2.95. The van der Waals surface area contributed by atoms with Crippen LogP contribution in [-0.4, -0.2) is 71.3 Å². The molecule has 5 nitrogen and oxygen atoms in total. The molecule has 1 aromatic carbocycles. The molecule has 0 saturated carbocycles. The van der Waals surface area contributed by atoms with Crippen molar-refractivity contribution in [1.82, 2.24) is 14.7 Å². The van der Waals surface area contributed by atoms with Crippen LogP contribution in [-0.2, 0) is 11.2 Å². The van der Waals surface area contributed by atoms with Gasteiger partial charge in [-0.25, -0.2) is 0 Å². The lowest BCUT2D eigenvalue weighted by Crippen LogP contribution is -2.50. The third-order valence-corrected chi connectivity index (χ3v) is 8.15. The Bertz CT molecular complexity index is 930. The lowest BCUT2D eigenvalue weighted by Gasteiger charge is -2.37. The summed E-state index contributed by atoms with van der Waals surface area (Å²) in [5.74, 6) is 0.326. The zero-order chi connectivity index (χ0) is 22.0. The van der Waals surface area contributed by atoms with Crippen LogP contribution in [0.25, 0.3) is 10.1 Å². The Morgan fingerprint density at radius 2 is 1.77 bits per heavy atom. The highest BCUT2D eigenvalue weighted by atomic mass is 32.1. The van der Waals surface area contributed by atoms with Gasteiger partial charge in [0, 0.05) is 56.4 Å². The summed E-state index contributed by atoms with van der Waals surface area (Å²) in [4.78, 5) is 33.4. The zero-order valence-electron chi connectivity index (χ0n) is 19.1. The Kier molecular flexibility index (Phi) is 6.97. The SMILES string of the molecule is CC(=O)N1CCCCCC1Cc1c(C(=O)N2CCN(C(C)C)CC2)sc2ccccc12. The first-order chi connectivity index (χ1) is 15.0. The zero-order valence-corrected chi connectivity index (χ0v) is 19.9. The number of benzene rings is 1. The van der Waals surface area contributed by atoms with E-state index in [4.69, 9.17) is 0 Å². The Balaban J connectivity index is 1.63. The van der Waals surface area contributed by atoms with Gasteiger partial charge in [0.25, 0.3) is 5.91 Å². The molecule has 2 aliphatic heterocycles. The first-order valence-electron chi connectivity index (χ1n) is 11.8. The van der Waals surface area contributed by atoms with Crippen molar-refractivity contribution in [2.45, 2.75) is 65.0 Å². The van der Waals surface area contributed by atoms with E-state index in [1.807, 2.05) is 11.0 Å². The molecule has 0 aliphatic carbocycles. The van der Waals surface area contributed by atoms with E-state index in [1.54, 1.807) is 18.3 Å². The third-order valence-electron chi connectivity index (χ3n) is 6.95. The van der Waals surface area contributed by atoms with E-state index in [0.717, 1.165) is 68.8 Å². The minimum absolute atomic E-state index is 0.157. The van der Waals surface area contributed by atoms with Gasteiger partial charge in [0.05, 0.1) is 4.88 Å². The molecule has 0 radical (unpaired) electrons. The summed E-state index contributed by atoms with van der Waals surface area (Å²) in [5, 5.41) is 1.18. The second kappa shape index (κ2) is 9.70. The van der Waals surface area contributed by atoms with Gasteiger partial charge in [-0.1, -0.05) is 31.0 Å². The third kappa shape index (κ3) is 4.80. The van der Waals surface area contributed by atoms with Gasteiger partial charge in [0.1, 0.15) is 0 Å². The number of carbonyl (C=O) groups is 2. The molecule has 31 heavy (non-hydrogen) atoms. The number of nitrogens with zero attached hydrogens (tertiary/aromatic N) is 3. The minimum Gasteiger partial charge on any atom is -0.340 e. The van der Waals surface area contributed by atoms with E-state index in [9.17, 15) is 9.59 Å². The van der Waals surface area contributed by atoms with Gasteiger partial charge in [-0.3, -0.25) is 14.5 Å². The lowest BCUT2D eigenvalue weighted by atomic mass is 9.97. The molecular weight excluding hydrogens is 406 g/mol. The van der Waals surface area contributed by atoms with Crippen molar-refractivity contribution >= 4 is 33.2 Å². The van der Waals surface area contributed by atoms with Crippen molar-refractivity contribution in [3.63, 3.8) is 0 Å². The number of piperazine rings is 1. The number of thiophene rings is 1. The van der Waals surface area contributed by atoms with Gasteiger partial charge in [-0.15, -0.1) is 11.3 Å². The van der Waals surface area contributed by atoms with Crippen LogP contribution >= 0.6 is 11.3 Å². The Labute approximate surface area is 190 Å². The summed E-state index contributed by atoms with van der Waals surface area (Å²) in [6.45, 7) is 10.4. The molecule has 2 saturated heterocycles. The maximum Gasteiger partial charge on any atom is 0.264 e. The maximum atomic E-state index is 13.6. The lowest BCUT2D eigenvalue weighted by molar-refractivity contribution is -0.131. The summed E-state index contributed by atoms with van der Waals surface area (Å²) in [6, 6.07) is 9.07. The van der Waals surface area contributed by atoms with E-state index in [-0.39, 0.29) is 17.9 Å². The number of rotatable bonds is 4. The van der Waals surface area contributed by atoms with Crippen LogP contribution < -0.4 is 0 Å². The smallest absolute Gasteiger partial charge is 0.264 e. The largest absolute Gasteiger partial charge is 0.340 e. The van der Waals surface area contributed by atoms with E-state index in [2.05, 4.69) is 41.8 Å². The molecule has 2 fully saturated rings. The Morgan fingerprint density at radius 1 is 1.03 bits per heavy atom.